The lowest BCUT2D eigenvalue weighted by Crippen LogP contribution is -2.16. The fraction of sp³-hybridized carbons (Fsp3) is 0.231. The summed E-state index contributed by atoms with van der Waals surface area (Å²) in [6, 6.07) is 8.77. The van der Waals surface area contributed by atoms with Crippen molar-refractivity contribution in [1.29, 1.82) is 0 Å². The molecule has 0 aliphatic carbocycles. The van der Waals surface area contributed by atoms with Crippen molar-refractivity contribution < 1.29 is 8.42 Å². The van der Waals surface area contributed by atoms with Gasteiger partial charge in [-0.1, -0.05) is 12.1 Å². The lowest BCUT2D eigenvalue weighted by atomic mass is 10.1. The molecule has 3 N–H and O–H groups in total. The molecule has 2 aromatic rings. The summed E-state index contributed by atoms with van der Waals surface area (Å²) in [5.41, 5.74) is 1.08. The molecular formula is C13H15BrN2O2S2. The van der Waals surface area contributed by atoms with Crippen LogP contribution in [0, 0.1) is 0 Å². The summed E-state index contributed by atoms with van der Waals surface area (Å²) >= 11 is 5.13. The number of thiophene rings is 1. The molecule has 0 saturated carbocycles. The van der Waals surface area contributed by atoms with Crippen molar-refractivity contribution in [2.24, 2.45) is 5.14 Å². The maximum atomic E-state index is 11.1. The van der Waals surface area contributed by atoms with Gasteiger partial charge in [0.1, 0.15) is 0 Å². The molecule has 0 amide bonds. The van der Waals surface area contributed by atoms with E-state index in [1.807, 2.05) is 0 Å². The minimum Gasteiger partial charge on any atom is -0.312 e. The predicted molar refractivity (Wildman–Crippen MR) is 85.2 cm³/mol. The average molecular weight is 375 g/mol. The zero-order valence-electron chi connectivity index (χ0n) is 10.7. The van der Waals surface area contributed by atoms with Crippen LogP contribution in [-0.4, -0.2) is 15.0 Å². The molecule has 4 nitrogen and oxygen atoms in total. The number of halogens is 1. The van der Waals surface area contributed by atoms with E-state index < -0.39 is 10.0 Å². The van der Waals surface area contributed by atoms with Crippen molar-refractivity contribution in [3.05, 3.63) is 50.6 Å². The summed E-state index contributed by atoms with van der Waals surface area (Å²) in [7, 11) is -3.60. The fourth-order valence-corrected chi connectivity index (χ4v) is 3.67. The Balaban J connectivity index is 1.80. The molecular weight excluding hydrogens is 360 g/mol. The second-order valence-corrected chi connectivity index (χ2v) is 7.82. The monoisotopic (exact) mass is 374 g/mol. The highest BCUT2D eigenvalue weighted by atomic mass is 79.9. The molecule has 0 radical (unpaired) electrons. The van der Waals surface area contributed by atoms with E-state index in [0.29, 0.717) is 0 Å². The van der Waals surface area contributed by atoms with E-state index in [0.717, 1.165) is 29.5 Å². The molecule has 108 valence electrons. The predicted octanol–water partition coefficient (Wildman–Crippen LogP) is 2.49. The van der Waals surface area contributed by atoms with Crippen LogP contribution in [0.15, 0.2) is 45.1 Å². The topological polar surface area (TPSA) is 72.2 Å². The van der Waals surface area contributed by atoms with Crippen LogP contribution in [0.4, 0.5) is 0 Å². The summed E-state index contributed by atoms with van der Waals surface area (Å²) in [4.78, 5) is 1.43. The molecule has 0 unspecified atom stereocenters. The second kappa shape index (κ2) is 6.82. The normalized spacial score (nSPS) is 11.7. The largest absolute Gasteiger partial charge is 0.312 e. The molecule has 0 aliphatic heterocycles. The zero-order valence-corrected chi connectivity index (χ0v) is 13.9. The molecule has 0 saturated heterocycles. The van der Waals surface area contributed by atoms with E-state index in [-0.39, 0.29) is 4.90 Å². The SMILES string of the molecule is NS(=O)(=O)c1ccc(CCNCc2cc(Br)cs2)cc1. The number of primary sulfonamides is 1. The number of benzene rings is 1. The third-order valence-electron chi connectivity index (χ3n) is 2.76. The molecule has 1 heterocycles. The molecule has 0 bridgehead atoms. The van der Waals surface area contributed by atoms with Crippen LogP contribution < -0.4 is 10.5 Å². The minimum atomic E-state index is -3.60. The van der Waals surface area contributed by atoms with Gasteiger partial charge in [0.15, 0.2) is 0 Å². The summed E-state index contributed by atoms with van der Waals surface area (Å²) in [5, 5.41) is 10.5. The number of sulfonamides is 1. The van der Waals surface area contributed by atoms with Gasteiger partial charge in [0.05, 0.1) is 4.90 Å². The molecule has 20 heavy (non-hydrogen) atoms. The van der Waals surface area contributed by atoms with E-state index in [9.17, 15) is 8.42 Å². The second-order valence-electron chi connectivity index (χ2n) is 4.35. The Kier molecular flexibility index (Phi) is 5.34. The van der Waals surface area contributed by atoms with Gasteiger partial charge >= 0.3 is 0 Å². The molecule has 1 aromatic heterocycles. The van der Waals surface area contributed by atoms with E-state index >= 15 is 0 Å². The van der Waals surface area contributed by atoms with Crippen molar-refractivity contribution in [3.63, 3.8) is 0 Å². The van der Waals surface area contributed by atoms with Crippen LogP contribution in [0.25, 0.3) is 0 Å². The van der Waals surface area contributed by atoms with E-state index in [2.05, 4.69) is 32.7 Å². The van der Waals surface area contributed by atoms with Gasteiger partial charge in [-0.05, 0) is 52.7 Å². The van der Waals surface area contributed by atoms with Crippen LogP contribution in [0.5, 0.6) is 0 Å². The van der Waals surface area contributed by atoms with Crippen LogP contribution in [0.3, 0.4) is 0 Å². The lowest BCUT2D eigenvalue weighted by Gasteiger charge is -2.04. The zero-order chi connectivity index (χ0) is 14.6. The van der Waals surface area contributed by atoms with Crippen molar-refractivity contribution in [2.75, 3.05) is 6.54 Å². The molecule has 7 heteroatoms. The number of nitrogens with two attached hydrogens (primary N) is 1. The summed E-state index contributed by atoms with van der Waals surface area (Å²) in [5.74, 6) is 0. The van der Waals surface area contributed by atoms with Crippen LogP contribution >= 0.6 is 27.3 Å². The molecule has 2 rings (SSSR count). The Morgan fingerprint density at radius 1 is 1.25 bits per heavy atom. The Morgan fingerprint density at radius 3 is 2.50 bits per heavy atom. The Labute approximate surface area is 131 Å². The molecule has 1 aromatic carbocycles. The first-order valence-electron chi connectivity index (χ1n) is 6.00. The van der Waals surface area contributed by atoms with E-state index in [4.69, 9.17) is 5.14 Å². The molecule has 0 fully saturated rings. The Morgan fingerprint density at radius 2 is 1.95 bits per heavy atom. The maximum Gasteiger partial charge on any atom is 0.238 e. The highest BCUT2D eigenvalue weighted by molar-refractivity contribution is 9.10. The first-order valence-corrected chi connectivity index (χ1v) is 9.22. The molecule has 0 spiro atoms. The van der Waals surface area contributed by atoms with Crippen LogP contribution in [0.2, 0.25) is 0 Å². The third kappa shape index (κ3) is 4.68. The standard InChI is InChI=1S/C13H15BrN2O2S2/c14-11-7-12(19-9-11)8-16-6-5-10-1-3-13(4-2-10)20(15,17)18/h1-4,7,9,16H,5-6,8H2,(H2,15,17,18). The van der Waals surface area contributed by atoms with Crippen molar-refractivity contribution >= 4 is 37.3 Å². The van der Waals surface area contributed by atoms with Gasteiger partial charge in [-0.25, -0.2) is 13.6 Å². The van der Waals surface area contributed by atoms with Gasteiger partial charge in [0.2, 0.25) is 10.0 Å². The molecule has 0 atom stereocenters. The highest BCUT2D eigenvalue weighted by Crippen LogP contribution is 2.19. The first-order chi connectivity index (χ1) is 9.45. The third-order valence-corrected chi connectivity index (χ3v) is 5.39. The van der Waals surface area contributed by atoms with Gasteiger partial charge in [-0.3, -0.25) is 0 Å². The summed E-state index contributed by atoms with van der Waals surface area (Å²) in [6.45, 7) is 1.68. The van der Waals surface area contributed by atoms with Gasteiger partial charge in [0, 0.05) is 21.3 Å². The van der Waals surface area contributed by atoms with Gasteiger partial charge in [-0.2, -0.15) is 0 Å². The smallest absolute Gasteiger partial charge is 0.238 e. The maximum absolute atomic E-state index is 11.1. The van der Waals surface area contributed by atoms with Crippen molar-refractivity contribution in [3.8, 4) is 0 Å². The summed E-state index contributed by atoms with van der Waals surface area (Å²) in [6.07, 6.45) is 0.845. The van der Waals surface area contributed by atoms with Gasteiger partial charge < -0.3 is 5.32 Å². The number of rotatable bonds is 6. The Hall–Kier alpha value is -0.730. The number of hydrogen-bond donors (Lipinski definition) is 2. The van der Waals surface area contributed by atoms with Crippen LogP contribution in [0.1, 0.15) is 10.4 Å². The minimum absolute atomic E-state index is 0.151. The van der Waals surface area contributed by atoms with E-state index in [1.54, 1.807) is 35.6 Å². The first kappa shape index (κ1) is 15.7. The average Bonchev–Trinajstić information content (AvgIpc) is 2.80. The van der Waals surface area contributed by atoms with Crippen molar-refractivity contribution in [2.45, 2.75) is 17.9 Å². The van der Waals surface area contributed by atoms with Gasteiger partial charge in [0.25, 0.3) is 0 Å². The molecule has 0 aliphatic rings. The van der Waals surface area contributed by atoms with Crippen molar-refractivity contribution in [1.82, 2.24) is 5.32 Å². The van der Waals surface area contributed by atoms with Crippen LogP contribution in [-0.2, 0) is 23.0 Å². The highest BCUT2D eigenvalue weighted by Gasteiger charge is 2.06. The van der Waals surface area contributed by atoms with E-state index in [1.165, 1.54) is 4.88 Å². The number of hydrogen-bond acceptors (Lipinski definition) is 4. The fourth-order valence-electron chi connectivity index (χ4n) is 1.74. The quantitative estimate of drug-likeness (QED) is 0.762. The van der Waals surface area contributed by atoms with Gasteiger partial charge in [-0.15, -0.1) is 11.3 Å². The summed E-state index contributed by atoms with van der Waals surface area (Å²) < 4.78 is 23.4. The number of nitrogens with one attached hydrogen (secondary N) is 1. The lowest BCUT2D eigenvalue weighted by molar-refractivity contribution is 0.597. The Bertz CT molecular complexity index is 666.